The third-order valence-corrected chi connectivity index (χ3v) is 3.75. The molecule has 21 heavy (non-hydrogen) atoms. The number of pyridine rings is 1. The molecule has 1 heterocycles. The fourth-order valence-corrected chi connectivity index (χ4v) is 2.25. The van der Waals surface area contributed by atoms with Crippen LogP contribution in [-0.2, 0) is 6.42 Å². The minimum Gasteiger partial charge on any atom is -0.508 e. The molecular weight excluding hydrogens is 288 g/mol. The second kappa shape index (κ2) is 6.59. The first-order valence-corrected chi connectivity index (χ1v) is 7.01. The molecule has 0 aliphatic heterocycles. The van der Waals surface area contributed by atoms with E-state index in [1.54, 1.807) is 36.3 Å². The number of likely N-dealkylation sites (N-methyl/N-ethyl adjacent to an activating group) is 1. The average molecular weight is 305 g/mol. The van der Waals surface area contributed by atoms with Crippen LogP contribution in [0.2, 0.25) is 5.02 Å². The molecule has 0 spiro atoms. The van der Waals surface area contributed by atoms with Crippen LogP contribution in [0, 0.1) is 0 Å². The normalized spacial score (nSPS) is 12.0. The zero-order valence-corrected chi connectivity index (χ0v) is 12.7. The van der Waals surface area contributed by atoms with Gasteiger partial charge in [0.2, 0.25) is 0 Å². The number of hydrogen-bond donors (Lipinski definition) is 1. The van der Waals surface area contributed by atoms with Crippen LogP contribution in [-0.4, -0.2) is 34.0 Å². The van der Waals surface area contributed by atoms with Crippen molar-refractivity contribution in [2.75, 3.05) is 7.05 Å². The van der Waals surface area contributed by atoms with Crippen molar-refractivity contribution in [2.24, 2.45) is 0 Å². The maximum Gasteiger partial charge on any atom is 0.255 e. The molecule has 0 radical (unpaired) electrons. The Morgan fingerprint density at radius 1 is 1.33 bits per heavy atom. The van der Waals surface area contributed by atoms with Crippen LogP contribution < -0.4 is 0 Å². The number of rotatable bonds is 4. The van der Waals surface area contributed by atoms with Crippen LogP contribution >= 0.6 is 11.6 Å². The topological polar surface area (TPSA) is 53.4 Å². The number of carbonyl (C=O) groups is 1. The molecule has 0 saturated carbocycles. The first-order chi connectivity index (χ1) is 9.99. The Balaban J connectivity index is 2.08. The van der Waals surface area contributed by atoms with Crippen molar-refractivity contribution in [3.05, 3.63) is 58.9 Å². The van der Waals surface area contributed by atoms with Gasteiger partial charge in [-0.3, -0.25) is 9.78 Å². The molecule has 0 fully saturated rings. The lowest BCUT2D eigenvalue weighted by molar-refractivity contribution is 0.0743. The van der Waals surface area contributed by atoms with Gasteiger partial charge in [0.05, 0.1) is 10.6 Å². The number of benzene rings is 1. The van der Waals surface area contributed by atoms with Gasteiger partial charge in [0.1, 0.15) is 5.75 Å². The summed E-state index contributed by atoms with van der Waals surface area (Å²) in [6.07, 6.45) is 3.72. The number of hydrogen-bond acceptors (Lipinski definition) is 3. The fraction of sp³-hybridized carbons (Fsp3) is 0.250. The second-order valence-electron chi connectivity index (χ2n) is 4.99. The highest BCUT2D eigenvalue weighted by molar-refractivity contribution is 6.33. The Kier molecular flexibility index (Phi) is 4.81. The summed E-state index contributed by atoms with van der Waals surface area (Å²) in [5.41, 5.74) is 1.51. The van der Waals surface area contributed by atoms with Crippen molar-refractivity contribution < 1.29 is 9.90 Å². The monoisotopic (exact) mass is 304 g/mol. The molecule has 0 aliphatic rings. The average Bonchev–Trinajstić information content (AvgIpc) is 2.48. The van der Waals surface area contributed by atoms with Gasteiger partial charge in [-0.2, -0.15) is 0 Å². The van der Waals surface area contributed by atoms with Gasteiger partial charge >= 0.3 is 0 Å². The van der Waals surface area contributed by atoms with E-state index in [9.17, 15) is 9.90 Å². The standard InChI is InChI=1S/C16H17ClN2O2/c1-11(9-12-3-5-13(20)6-4-12)19(2)16(21)14-7-8-18-10-15(14)17/h3-8,10-11,20H,9H2,1-2H3/t11-/m1/s1. The van der Waals surface area contributed by atoms with Gasteiger partial charge in [0.15, 0.2) is 0 Å². The van der Waals surface area contributed by atoms with Gasteiger partial charge < -0.3 is 10.0 Å². The van der Waals surface area contributed by atoms with E-state index in [4.69, 9.17) is 11.6 Å². The Bertz CT molecular complexity index is 628. The Morgan fingerprint density at radius 2 is 2.00 bits per heavy atom. The summed E-state index contributed by atoms with van der Waals surface area (Å²) in [5.74, 6) is 0.105. The maximum atomic E-state index is 12.4. The molecule has 110 valence electrons. The van der Waals surface area contributed by atoms with E-state index in [-0.39, 0.29) is 17.7 Å². The van der Waals surface area contributed by atoms with Crippen molar-refractivity contribution >= 4 is 17.5 Å². The van der Waals surface area contributed by atoms with Gasteiger partial charge in [0.25, 0.3) is 5.91 Å². The summed E-state index contributed by atoms with van der Waals surface area (Å²) in [4.78, 5) is 18.0. The Morgan fingerprint density at radius 3 is 2.62 bits per heavy atom. The first-order valence-electron chi connectivity index (χ1n) is 6.63. The largest absolute Gasteiger partial charge is 0.508 e. The molecule has 1 atom stereocenters. The van der Waals surface area contributed by atoms with Crippen LogP contribution in [0.4, 0.5) is 0 Å². The zero-order chi connectivity index (χ0) is 15.4. The third-order valence-electron chi connectivity index (χ3n) is 3.45. The van der Waals surface area contributed by atoms with Crippen molar-refractivity contribution in [3.63, 3.8) is 0 Å². The van der Waals surface area contributed by atoms with Gasteiger partial charge in [-0.15, -0.1) is 0 Å². The molecule has 0 aliphatic carbocycles. The predicted molar refractivity (Wildman–Crippen MR) is 82.6 cm³/mol. The minimum atomic E-state index is -0.131. The number of phenols is 1. The van der Waals surface area contributed by atoms with Crippen molar-refractivity contribution in [2.45, 2.75) is 19.4 Å². The predicted octanol–water partition coefficient (Wildman–Crippen LogP) is 3.14. The number of phenolic OH excluding ortho intramolecular Hbond substituents is 1. The number of aromatic hydroxyl groups is 1. The SMILES string of the molecule is C[C@H](Cc1ccc(O)cc1)N(C)C(=O)c1ccncc1Cl. The molecule has 1 amide bonds. The summed E-state index contributed by atoms with van der Waals surface area (Å²) < 4.78 is 0. The van der Waals surface area contributed by atoms with Crippen LogP contribution in [0.5, 0.6) is 5.75 Å². The fourth-order valence-electron chi connectivity index (χ4n) is 2.05. The van der Waals surface area contributed by atoms with E-state index < -0.39 is 0 Å². The maximum absolute atomic E-state index is 12.4. The van der Waals surface area contributed by atoms with E-state index in [0.717, 1.165) is 5.56 Å². The Labute approximate surface area is 129 Å². The number of carbonyl (C=O) groups excluding carboxylic acids is 1. The molecule has 0 saturated heterocycles. The summed E-state index contributed by atoms with van der Waals surface area (Å²) >= 11 is 6.01. The van der Waals surface area contributed by atoms with E-state index in [0.29, 0.717) is 17.0 Å². The lowest BCUT2D eigenvalue weighted by atomic mass is 10.1. The minimum absolute atomic E-state index is 0.00581. The molecule has 0 bridgehead atoms. The van der Waals surface area contributed by atoms with Gasteiger partial charge in [-0.1, -0.05) is 23.7 Å². The van der Waals surface area contributed by atoms with E-state index >= 15 is 0 Å². The van der Waals surface area contributed by atoms with Gasteiger partial charge in [0, 0.05) is 25.5 Å². The van der Waals surface area contributed by atoms with Gasteiger partial charge in [-0.05, 0) is 37.1 Å². The summed E-state index contributed by atoms with van der Waals surface area (Å²) in [5, 5.41) is 9.64. The Hall–Kier alpha value is -2.07. The zero-order valence-electron chi connectivity index (χ0n) is 12.0. The number of aromatic nitrogens is 1. The molecule has 0 unspecified atom stereocenters. The second-order valence-corrected chi connectivity index (χ2v) is 5.40. The van der Waals surface area contributed by atoms with Crippen LogP contribution in [0.1, 0.15) is 22.8 Å². The lowest BCUT2D eigenvalue weighted by Gasteiger charge is -2.25. The first kappa shape index (κ1) is 15.3. The van der Waals surface area contributed by atoms with Crippen LogP contribution in [0.25, 0.3) is 0 Å². The molecule has 2 aromatic rings. The number of nitrogens with zero attached hydrogens (tertiary/aromatic N) is 2. The van der Waals surface area contributed by atoms with E-state index in [2.05, 4.69) is 4.98 Å². The molecular formula is C16H17ClN2O2. The van der Waals surface area contributed by atoms with Crippen LogP contribution in [0.3, 0.4) is 0 Å². The van der Waals surface area contributed by atoms with Crippen molar-refractivity contribution in [1.82, 2.24) is 9.88 Å². The highest BCUT2D eigenvalue weighted by Crippen LogP contribution is 2.18. The molecule has 2 rings (SSSR count). The summed E-state index contributed by atoms with van der Waals surface area (Å²) in [7, 11) is 1.75. The molecule has 1 aromatic carbocycles. The smallest absolute Gasteiger partial charge is 0.255 e. The summed E-state index contributed by atoms with van der Waals surface area (Å²) in [6.45, 7) is 1.97. The molecule has 1 aromatic heterocycles. The lowest BCUT2D eigenvalue weighted by Crippen LogP contribution is -2.36. The quantitative estimate of drug-likeness (QED) is 0.944. The van der Waals surface area contributed by atoms with E-state index in [1.807, 2.05) is 19.1 Å². The summed E-state index contributed by atoms with van der Waals surface area (Å²) in [6, 6.07) is 8.61. The van der Waals surface area contributed by atoms with Crippen LogP contribution in [0.15, 0.2) is 42.7 Å². The number of halogens is 1. The highest BCUT2D eigenvalue weighted by atomic mass is 35.5. The highest BCUT2D eigenvalue weighted by Gasteiger charge is 2.19. The number of amides is 1. The third kappa shape index (κ3) is 3.73. The van der Waals surface area contributed by atoms with E-state index in [1.165, 1.54) is 6.20 Å². The molecule has 4 nitrogen and oxygen atoms in total. The van der Waals surface area contributed by atoms with Crippen molar-refractivity contribution in [3.8, 4) is 5.75 Å². The van der Waals surface area contributed by atoms with Crippen molar-refractivity contribution in [1.29, 1.82) is 0 Å². The van der Waals surface area contributed by atoms with Gasteiger partial charge in [-0.25, -0.2) is 0 Å². The molecule has 1 N–H and O–H groups in total. The molecule has 5 heteroatoms.